The highest BCUT2D eigenvalue weighted by Crippen LogP contribution is 2.46. The van der Waals surface area contributed by atoms with Crippen LogP contribution in [0.15, 0.2) is 24.3 Å². The maximum atomic E-state index is 13.1. The Balaban J connectivity index is 1.60. The van der Waals surface area contributed by atoms with E-state index in [1.165, 1.54) is 7.11 Å². The number of hydrogen-bond donors (Lipinski definition) is 3. The number of carbonyl (C=O) groups is 3. The van der Waals surface area contributed by atoms with Gasteiger partial charge in [0.2, 0.25) is 5.91 Å². The van der Waals surface area contributed by atoms with Gasteiger partial charge in [0.1, 0.15) is 11.4 Å². The number of aliphatic hydroxyl groups is 1. The third-order valence-electron chi connectivity index (χ3n) is 9.45. The first-order valence-corrected chi connectivity index (χ1v) is 15.5. The van der Waals surface area contributed by atoms with Crippen LogP contribution in [0, 0.1) is 0 Å². The van der Waals surface area contributed by atoms with Crippen molar-refractivity contribution in [1.29, 1.82) is 0 Å². The van der Waals surface area contributed by atoms with Crippen molar-refractivity contribution >= 4 is 28.7 Å². The topological polar surface area (TPSA) is 142 Å². The van der Waals surface area contributed by atoms with E-state index < -0.39 is 23.9 Å². The predicted molar refractivity (Wildman–Crippen MR) is 173 cm³/mol. The van der Waals surface area contributed by atoms with Gasteiger partial charge in [0.25, 0.3) is 5.91 Å². The van der Waals surface area contributed by atoms with Gasteiger partial charge in [-0.2, -0.15) is 0 Å². The van der Waals surface area contributed by atoms with Crippen LogP contribution in [0.4, 0.5) is 0 Å². The molecule has 242 valence electrons. The maximum absolute atomic E-state index is 13.1. The average molecular weight is 620 g/mol. The zero-order valence-electron chi connectivity index (χ0n) is 27.1. The largest absolute Gasteiger partial charge is 0.496 e. The number of aromatic nitrogens is 1. The summed E-state index contributed by atoms with van der Waals surface area (Å²) in [4.78, 5) is 45.0. The SMILES string of the molecule is COc1c(C(N)=O)cc(C(C)(C)C)c(-c2c(C(=O)O)n(C)c3c(CN4CCN(C(=O)C5CCCN5C)CC4)cccc23)c1CO. The Labute approximate surface area is 264 Å². The van der Waals surface area contributed by atoms with Crippen molar-refractivity contribution < 1.29 is 29.3 Å². The summed E-state index contributed by atoms with van der Waals surface area (Å²) in [6.45, 7) is 9.70. The Morgan fingerprint density at radius 2 is 1.73 bits per heavy atom. The third kappa shape index (κ3) is 5.80. The van der Waals surface area contributed by atoms with Gasteiger partial charge >= 0.3 is 5.97 Å². The van der Waals surface area contributed by atoms with E-state index in [2.05, 4.69) is 9.80 Å². The number of ether oxygens (including phenoxy) is 1. The monoisotopic (exact) mass is 619 g/mol. The first-order valence-electron chi connectivity index (χ1n) is 15.5. The molecule has 0 aliphatic carbocycles. The van der Waals surface area contributed by atoms with Crippen LogP contribution in [0.5, 0.6) is 5.75 Å². The van der Waals surface area contributed by atoms with Crippen molar-refractivity contribution in [3.63, 3.8) is 0 Å². The Bertz CT molecular complexity index is 1650. The predicted octanol–water partition coefficient (Wildman–Crippen LogP) is 3.18. The third-order valence-corrected chi connectivity index (χ3v) is 9.45. The van der Waals surface area contributed by atoms with Gasteiger partial charge < -0.3 is 30.2 Å². The number of benzene rings is 2. The van der Waals surface area contributed by atoms with Crippen molar-refractivity contribution in [2.24, 2.45) is 12.8 Å². The number of carboxylic acids is 1. The lowest BCUT2D eigenvalue weighted by Crippen LogP contribution is -2.52. The summed E-state index contributed by atoms with van der Waals surface area (Å²) in [5.41, 5.74) is 9.10. The normalized spacial score (nSPS) is 18.1. The molecule has 5 rings (SSSR count). The summed E-state index contributed by atoms with van der Waals surface area (Å²) in [5, 5.41) is 22.0. The number of para-hydroxylation sites is 1. The number of aromatic carboxylic acids is 1. The van der Waals surface area contributed by atoms with Gasteiger partial charge in [-0.15, -0.1) is 0 Å². The standard InChI is InChI=1S/C34H45N5O6/c1-34(2,3)24-17-22(31(35)41)30(45-6)23(19-40)26(24)27-21-10-7-9-20(28(21)37(5)29(27)33(43)44)18-38-13-15-39(16-14-38)32(42)25-11-8-12-36(25)4/h7,9-10,17,25,40H,8,11-16,18-19H2,1-6H3,(H2,35,41)(H,43,44). The summed E-state index contributed by atoms with van der Waals surface area (Å²) in [7, 11) is 5.17. The Morgan fingerprint density at radius 3 is 2.27 bits per heavy atom. The van der Waals surface area contributed by atoms with Crippen LogP contribution in [0.3, 0.4) is 0 Å². The molecule has 11 nitrogen and oxygen atoms in total. The van der Waals surface area contributed by atoms with Crippen molar-refractivity contribution in [3.8, 4) is 16.9 Å². The summed E-state index contributed by atoms with van der Waals surface area (Å²) in [6.07, 6.45) is 1.96. The fraction of sp³-hybridized carbons (Fsp3) is 0.500. The molecule has 2 saturated heterocycles. The first-order chi connectivity index (χ1) is 21.3. The number of fused-ring (bicyclic) bond motifs is 1. The van der Waals surface area contributed by atoms with E-state index in [1.54, 1.807) is 17.7 Å². The molecule has 3 aromatic rings. The first kappa shape index (κ1) is 32.5. The smallest absolute Gasteiger partial charge is 0.353 e. The number of likely N-dealkylation sites (N-methyl/N-ethyl adjacent to an activating group) is 1. The van der Waals surface area contributed by atoms with Crippen LogP contribution in [0.1, 0.15) is 71.1 Å². The zero-order chi connectivity index (χ0) is 32.8. The number of methoxy groups -OCH3 is 1. The van der Waals surface area contributed by atoms with Crippen LogP contribution in [-0.2, 0) is 30.4 Å². The lowest BCUT2D eigenvalue weighted by atomic mass is 9.77. The Kier molecular flexibility index (Phi) is 8.99. The highest BCUT2D eigenvalue weighted by Gasteiger charge is 2.35. The summed E-state index contributed by atoms with van der Waals surface area (Å²) in [5.74, 6) is -1.47. The quantitative estimate of drug-likeness (QED) is 0.349. The highest BCUT2D eigenvalue weighted by molar-refractivity contribution is 6.11. The summed E-state index contributed by atoms with van der Waals surface area (Å²) in [6, 6.07) is 7.47. The molecule has 3 heterocycles. The Morgan fingerprint density at radius 1 is 1.04 bits per heavy atom. The van der Waals surface area contributed by atoms with E-state index in [1.807, 2.05) is 50.9 Å². The number of nitrogens with two attached hydrogens (primary N) is 1. The van der Waals surface area contributed by atoms with E-state index in [4.69, 9.17) is 10.5 Å². The van der Waals surface area contributed by atoms with Crippen LogP contribution >= 0.6 is 0 Å². The molecule has 0 radical (unpaired) electrons. The molecule has 2 amide bonds. The van der Waals surface area contributed by atoms with Gasteiger partial charge in [-0.3, -0.25) is 19.4 Å². The molecular formula is C34H45N5O6. The molecule has 0 bridgehead atoms. The second-order valence-corrected chi connectivity index (χ2v) is 13.3. The molecule has 1 unspecified atom stereocenters. The molecule has 1 atom stereocenters. The molecule has 0 spiro atoms. The van der Waals surface area contributed by atoms with E-state index in [-0.39, 0.29) is 29.0 Å². The number of carboxylic acid groups (broad SMARTS) is 1. The fourth-order valence-electron chi connectivity index (χ4n) is 7.19. The number of nitrogens with zero attached hydrogens (tertiary/aromatic N) is 4. The molecule has 1 aromatic heterocycles. The number of aliphatic hydroxyl groups excluding tert-OH is 1. The second kappa shape index (κ2) is 12.5. The second-order valence-electron chi connectivity index (χ2n) is 13.3. The molecule has 2 aliphatic rings. The number of hydrogen-bond acceptors (Lipinski definition) is 7. The molecule has 2 aromatic carbocycles. The number of likely N-dealkylation sites (tertiary alicyclic amines) is 1. The van der Waals surface area contributed by atoms with Gasteiger partial charge in [0, 0.05) is 56.3 Å². The van der Waals surface area contributed by atoms with E-state index >= 15 is 0 Å². The van der Waals surface area contributed by atoms with Gasteiger partial charge in [-0.1, -0.05) is 39.0 Å². The van der Waals surface area contributed by atoms with Crippen molar-refractivity contribution in [1.82, 2.24) is 19.3 Å². The molecular weight excluding hydrogens is 574 g/mol. The van der Waals surface area contributed by atoms with Crippen molar-refractivity contribution in [2.75, 3.05) is 46.9 Å². The van der Waals surface area contributed by atoms with Gasteiger partial charge in [-0.05, 0) is 54.6 Å². The van der Waals surface area contributed by atoms with Gasteiger partial charge in [-0.25, -0.2) is 4.79 Å². The molecule has 0 saturated carbocycles. The van der Waals surface area contributed by atoms with Gasteiger partial charge in [0.15, 0.2) is 0 Å². The number of rotatable bonds is 8. The lowest BCUT2D eigenvalue weighted by Gasteiger charge is -2.37. The minimum Gasteiger partial charge on any atom is -0.496 e. The van der Waals surface area contributed by atoms with E-state index in [9.17, 15) is 24.6 Å². The molecule has 11 heteroatoms. The minimum absolute atomic E-state index is 0.0287. The zero-order valence-corrected chi connectivity index (χ0v) is 27.1. The highest BCUT2D eigenvalue weighted by atomic mass is 16.5. The minimum atomic E-state index is -1.11. The summed E-state index contributed by atoms with van der Waals surface area (Å²) < 4.78 is 7.32. The average Bonchev–Trinajstić information content (AvgIpc) is 3.56. The van der Waals surface area contributed by atoms with Crippen molar-refractivity contribution in [2.45, 2.75) is 58.2 Å². The van der Waals surface area contributed by atoms with Crippen LogP contribution < -0.4 is 10.5 Å². The number of aryl methyl sites for hydroxylation is 1. The number of amides is 2. The lowest BCUT2D eigenvalue weighted by molar-refractivity contribution is -0.137. The maximum Gasteiger partial charge on any atom is 0.353 e. The molecule has 4 N–H and O–H groups in total. The van der Waals surface area contributed by atoms with Crippen LogP contribution in [-0.4, -0.2) is 100 Å². The van der Waals surface area contributed by atoms with Crippen LogP contribution in [0.25, 0.3) is 22.0 Å². The molecule has 45 heavy (non-hydrogen) atoms. The molecule has 2 fully saturated rings. The van der Waals surface area contributed by atoms with Crippen LogP contribution in [0.2, 0.25) is 0 Å². The summed E-state index contributed by atoms with van der Waals surface area (Å²) >= 11 is 0. The number of carbonyl (C=O) groups excluding carboxylic acids is 2. The fourth-order valence-corrected chi connectivity index (χ4v) is 7.19. The Hall–Kier alpha value is -3.93. The van der Waals surface area contributed by atoms with Crippen molar-refractivity contribution in [3.05, 3.63) is 52.2 Å². The van der Waals surface area contributed by atoms with E-state index in [0.29, 0.717) is 41.9 Å². The van der Waals surface area contributed by atoms with E-state index in [0.717, 1.165) is 48.9 Å². The molecule has 2 aliphatic heterocycles. The number of piperazine rings is 1. The van der Waals surface area contributed by atoms with Gasteiger partial charge in [0.05, 0.1) is 30.8 Å². The number of primary amides is 1.